The van der Waals surface area contributed by atoms with Crippen LogP contribution in [0.25, 0.3) is 11.3 Å². The largest absolute Gasteiger partial charge is 0.481 e. The van der Waals surface area contributed by atoms with E-state index >= 15 is 0 Å². The lowest BCUT2D eigenvalue weighted by molar-refractivity contribution is -0.136. The molecule has 0 aromatic carbocycles. The van der Waals surface area contributed by atoms with Gasteiger partial charge in [0.25, 0.3) is 0 Å². The minimum Gasteiger partial charge on any atom is -0.481 e. The van der Waals surface area contributed by atoms with Crippen molar-refractivity contribution in [3.63, 3.8) is 0 Å². The summed E-state index contributed by atoms with van der Waals surface area (Å²) in [5, 5.41) is 8.61. The molecule has 18 heavy (non-hydrogen) atoms. The minimum atomic E-state index is -1.23. The van der Waals surface area contributed by atoms with Gasteiger partial charge in [0.05, 0.1) is 12.1 Å². The number of nitrogens with zero attached hydrogens (tertiary/aromatic N) is 2. The van der Waals surface area contributed by atoms with Crippen molar-refractivity contribution < 1.29 is 18.7 Å². The van der Waals surface area contributed by atoms with E-state index in [4.69, 9.17) is 5.11 Å². The Hall–Kier alpha value is -2.37. The Labute approximate surface area is 101 Å². The highest BCUT2D eigenvalue weighted by Gasteiger charge is 2.15. The molecule has 0 aliphatic heterocycles. The van der Waals surface area contributed by atoms with Crippen molar-refractivity contribution in [2.24, 2.45) is 0 Å². The zero-order valence-electron chi connectivity index (χ0n) is 9.10. The molecular weight excluding hydrogens is 242 g/mol. The molecule has 92 valence electrons. The molecule has 2 aromatic heterocycles. The van der Waals surface area contributed by atoms with Crippen molar-refractivity contribution in [2.45, 2.75) is 6.42 Å². The van der Waals surface area contributed by atoms with Gasteiger partial charge in [0.15, 0.2) is 5.82 Å². The van der Waals surface area contributed by atoms with E-state index in [1.807, 2.05) is 0 Å². The van der Waals surface area contributed by atoms with Gasteiger partial charge in [-0.25, -0.2) is 13.8 Å². The summed E-state index contributed by atoms with van der Waals surface area (Å²) in [5.74, 6) is -3.05. The third kappa shape index (κ3) is 2.48. The van der Waals surface area contributed by atoms with Crippen molar-refractivity contribution >= 4 is 5.97 Å². The van der Waals surface area contributed by atoms with Crippen LogP contribution in [-0.2, 0) is 11.2 Å². The molecule has 0 saturated carbocycles. The summed E-state index contributed by atoms with van der Waals surface area (Å²) in [4.78, 5) is 18.1. The number of hydrogen-bond donors (Lipinski definition) is 1. The van der Waals surface area contributed by atoms with E-state index in [9.17, 15) is 13.6 Å². The fraction of sp³-hybridized carbons (Fsp3) is 0.0833. The average molecular weight is 250 g/mol. The first-order valence-corrected chi connectivity index (χ1v) is 5.05. The lowest BCUT2D eigenvalue weighted by Crippen LogP contribution is -2.07. The standard InChI is InChI=1S/C12H8F2N2O2/c13-8-4-9(14)12(7-2-1-3-15-6-7)16-10(8)5-11(17)18/h1-4,6H,5H2,(H,17,18). The van der Waals surface area contributed by atoms with Crippen molar-refractivity contribution in [1.82, 2.24) is 9.97 Å². The van der Waals surface area contributed by atoms with Crippen LogP contribution in [0.4, 0.5) is 8.78 Å². The predicted octanol–water partition coefficient (Wildman–Crippen LogP) is 2.05. The number of carboxylic acid groups (broad SMARTS) is 1. The Balaban J connectivity index is 2.51. The van der Waals surface area contributed by atoms with Gasteiger partial charge in [0.2, 0.25) is 0 Å². The molecule has 0 aliphatic carbocycles. The molecule has 6 heteroatoms. The third-order valence-corrected chi connectivity index (χ3v) is 2.26. The van der Waals surface area contributed by atoms with Crippen LogP contribution in [-0.4, -0.2) is 21.0 Å². The Morgan fingerprint density at radius 2 is 2.11 bits per heavy atom. The molecule has 0 atom stereocenters. The molecule has 1 N–H and O–H groups in total. The Kier molecular flexibility index (Phi) is 3.27. The first kappa shape index (κ1) is 12.1. The Morgan fingerprint density at radius 3 is 2.72 bits per heavy atom. The summed E-state index contributed by atoms with van der Waals surface area (Å²) in [5.41, 5.74) is -0.0508. The van der Waals surface area contributed by atoms with Crippen LogP contribution in [0.3, 0.4) is 0 Å². The van der Waals surface area contributed by atoms with E-state index in [-0.39, 0.29) is 11.4 Å². The molecule has 0 radical (unpaired) electrons. The highest BCUT2D eigenvalue weighted by molar-refractivity contribution is 5.70. The summed E-state index contributed by atoms with van der Waals surface area (Å²) in [6.07, 6.45) is 2.27. The third-order valence-electron chi connectivity index (χ3n) is 2.26. The number of carboxylic acids is 1. The van der Waals surface area contributed by atoms with Crippen LogP contribution < -0.4 is 0 Å². The summed E-state index contributed by atoms with van der Waals surface area (Å²) in [7, 11) is 0. The van der Waals surface area contributed by atoms with E-state index in [0.29, 0.717) is 11.6 Å². The highest BCUT2D eigenvalue weighted by atomic mass is 19.1. The second kappa shape index (κ2) is 4.87. The molecular formula is C12H8F2N2O2. The van der Waals surface area contributed by atoms with Gasteiger partial charge in [-0.15, -0.1) is 0 Å². The second-order valence-corrected chi connectivity index (χ2v) is 3.56. The van der Waals surface area contributed by atoms with Crippen LogP contribution in [0.5, 0.6) is 0 Å². The lowest BCUT2D eigenvalue weighted by atomic mass is 10.1. The van der Waals surface area contributed by atoms with E-state index in [1.54, 1.807) is 12.1 Å². The van der Waals surface area contributed by atoms with Crippen LogP contribution in [0.2, 0.25) is 0 Å². The van der Waals surface area contributed by atoms with E-state index in [2.05, 4.69) is 9.97 Å². The van der Waals surface area contributed by atoms with Gasteiger partial charge >= 0.3 is 5.97 Å². The van der Waals surface area contributed by atoms with Gasteiger partial charge in [-0.05, 0) is 12.1 Å². The molecule has 0 fully saturated rings. The molecule has 0 aliphatic rings. The van der Waals surface area contributed by atoms with Crippen LogP contribution in [0, 0.1) is 11.6 Å². The highest BCUT2D eigenvalue weighted by Crippen LogP contribution is 2.21. The molecule has 2 aromatic rings. The topological polar surface area (TPSA) is 63.1 Å². The summed E-state index contributed by atoms with van der Waals surface area (Å²) >= 11 is 0. The Bertz CT molecular complexity index is 588. The molecule has 2 rings (SSSR count). The maximum Gasteiger partial charge on any atom is 0.309 e. The summed E-state index contributed by atoms with van der Waals surface area (Å²) < 4.78 is 26.9. The molecule has 0 spiro atoms. The number of aliphatic carboxylic acids is 1. The number of hydrogen-bond acceptors (Lipinski definition) is 3. The van der Waals surface area contributed by atoms with Crippen molar-refractivity contribution in [1.29, 1.82) is 0 Å². The Morgan fingerprint density at radius 1 is 1.33 bits per heavy atom. The van der Waals surface area contributed by atoms with Crippen LogP contribution in [0.1, 0.15) is 5.69 Å². The van der Waals surface area contributed by atoms with Crippen LogP contribution >= 0.6 is 0 Å². The molecule has 2 heterocycles. The first-order chi connectivity index (χ1) is 8.58. The average Bonchev–Trinajstić information content (AvgIpc) is 2.33. The second-order valence-electron chi connectivity index (χ2n) is 3.56. The van der Waals surface area contributed by atoms with Crippen molar-refractivity contribution in [3.05, 3.63) is 47.9 Å². The number of carbonyl (C=O) groups is 1. The van der Waals surface area contributed by atoms with Gasteiger partial charge in [0.1, 0.15) is 11.5 Å². The number of aromatic nitrogens is 2. The minimum absolute atomic E-state index is 0.110. The van der Waals surface area contributed by atoms with Crippen LogP contribution in [0.15, 0.2) is 30.6 Å². The van der Waals surface area contributed by atoms with Crippen molar-refractivity contribution in [2.75, 3.05) is 0 Å². The lowest BCUT2D eigenvalue weighted by Gasteiger charge is -2.05. The maximum absolute atomic E-state index is 13.6. The van der Waals surface area contributed by atoms with Crippen molar-refractivity contribution in [3.8, 4) is 11.3 Å². The molecule has 0 unspecified atom stereocenters. The quantitative estimate of drug-likeness (QED) is 0.905. The zero-order valence-corrected chi connectivity index (χ0v) is 9.10. The fourth-order valence-electron chi connectivity index (χ4n) is 1.48. The fourth-order valence-corrected chi connectivity index (χ4v) is 1.48. The molecule has 0 saturated heterocycles. The summed E-state index contributed by atoms with van der Waals surface area (Å²) in [6.45, 7) is 0. The predicted molar refractivity (Wildman–Crippen MR) is 58.7 cm³/mol. The van der Waals surface area contributed by atoms with Gasteiger partial charge in [-0.2, -0.15) is 0 Å². The number of halogens is 2. The van der Waals surface area contributed by atoms with E-state index in [1.165, 1.54) is 12.4 Å². The van der Waals surface area contributed by atoms with Gasteiger partial charge < -0.3 is 5.11 Å². The number of rotatable bonds is 3. The zero-order chi connectivity index (χ0) is 13.1. The maximum atomic E-state index is 13.6. The first-order valence-electron chi connectivity index (χ1n) is 5.05. The smallest absolute Gasteiger partial charge is 0.309 e. The monoisotopic (exact) mass is 250 g/mol. The van der Waals surface area contributed by atoms with Gasteiger partial charge in [0, 0.05) is 24.0 Å². The molecule has 0 amide bonds. The molecule has 0 bridgehead atoms. The molecule has 4 nitrogen and oxygen atoms in total. The van der Waals surface area contributed by atoms with Gasteiger partial charge in [-0.1, -0.05) is 0 Å². The van der Waals surface area contributed by atoms with Gasteiger partial charge in [-0.3, -0.25) is 9.78 Å². The number of pyridine rings is 2. The summed E-state index contributed by atoms with van der Waals surface area (Å²) in [6, 6.07) is 3.77. The SMILES string of the molecule is O=C(O)Cc1nc(-c2cccnc2)c(F)cc1F. The normalized spacial score (nSPS) is 10.3. The van der Waals surface area contributed by atoms with E-state index < -0.39 is 24.0 Å². The van der Waals surface area contributed by atoms with E-state index in [0.717, 1.165) is 0 Å².